The van der Waals surface area contributed by atoms with E-state index >= 15 is 0 Å². The lowest BCUT2D eigenvalue weighted by Crippen LogP contribution is -2.59. The maximum Gasteiger partial charge on any atom is 0.260 e. The first kappa shape index (κ1) is 20.9. The maximum atomic E-state index is 13.1. The summed E-state index contributed by atoms with van der Waals surface area (Å²) in [5, 5.41) is 0. The Labute approximate surface area is 182 Å². The van der Waals surface area contributed by atoms with Crippen molar-refractivity contribution in [2.75, 3.05) is 32.8 Å². The first-order valence-electron chi connectivity index (χ1n) is 10.6. The Morgan fingerprint density at radius 1 is 1.03 bits per heavy atom. The highest BCUT2D eigenvalue weighted by Crippen LogP contribution is 2.21. The molecule has 2 aliphatic heterocycles. The minimum atomic E-state index is -0.515. The standard InChI is InChI=1S/C24H27N3O4/c1-18-6-5-7-19(14-18)15-26-16-22(28)27-13-12-25(11-10-21(27)24(26)30)23(29)17-31-20-8-3-2-4-9-20/h2-9,14,21H,10-13,15-17H2,1H3. The third-order valence-electron chi connectivity index (χ3n) is 5.82. The van der Waals surface area contributed by atoms with Crippen LogP contribution in [0.3, 0.4) is 0 Å². The van der Waals surface area contributed by atoms with Gasteiger partial charge in [-0.25, -0.2) is 0 Å². The lowest BCUT2D eigenvalue weighted by molar-refractivity contribution is -0.156. The van der Waals surface area contributed by atoms with Crippen molar-refractivity contribution in [1.29, 1.82) is 0 Å². The van der Waals surface area contributed by atoms with Crippen molar-refractivity contribution in [3.8, 4) is 5.75 Å². The van der Waals surface area contributed by atoms with E-state index in [1.54, 1.807) is 26.8 Å². The Bertz CT molecular complexity index is 962. The summed E-state index contributed by atoms with van der Waals surface area (Å²) in [5.41, 5.74) is 2.13. The molecule has 7 nitrogen and oxygen atoms in total. The monoisotopic (exact) mass is 421 g/mol. The molecule has 0 N–H and O–H groups in total. The van der Waals surface area contributed by atoms with Crippen molar-refractivity contribution in [3.05, 3.63) is 65.7 Å². The second-order valence-electron chi connectivity index (χ2n) is 8.06. The number of carbonyl (C=O) groups excluding carboxylic acids is 3. The minimum absolute atomic E-state index is 0.0454. The second kappa shape index (κ2) is 9.20. The number of hydrogen-bond acceptors (Lipinski definition) is 4. The van der Waals surface area contributed by atoms with Gasteiger partial charge in [0.15, 0.2) is 6.61 Å². The summed E-state index contributed by atoms with van der Waals surface area (Å²) in [5.74, 6) is 0.392. The number of rotatable bonds is 5. The van der Waals surface area contributed by atoms with Gasteiger partial charge < -0.3 is 19.4 Å². The van der Waals surface area contributed by atoms with Gasteiger partial charge in [-0.05, 0) is 31.0 Å². The van der Waals surface area contributed by atoms with Crippen molar-refractivity contribution >= 4 is 17.7 Å². The molecule has 2 saturated heterocycles. The van der Waals surface area contributed by atoms with Gasteiger partial charge in [-0.1, -0.05) is 48.0 Å². The van der Waals surface area contributed by atoms with Gasteiger partial charge in [0, 0.05) is 26.2 Å². The minimum Gasteiger partial charge on any atom is -0.484 e. The summed E-state index contributed by atoms with van der Waals surface area (Å²) in [7, 11) is 0. The summed E-state index contributed by atoms with van der Waals surface area (Å²) in [6.45, 7) is 3.64. The summed E-state index contributed by atoms with van der Waals surface area (Å²) in [6.07, 6.45) is 0.436. The molecule has 31 heavy (non-hydrogen) atoms. The Morgan fingerprint density at radius 3 is 2.61 bits per heavy atom. The fraction of sp³-hybridized carbons (Fsp3) is 0.375. The molecule has 0 saturated carbocycles. The number of nitrogens with zero attached hydrogens (tertiary/aromatic N) is 3. The lowest BCUT2D eigenvalue weighted by Gasteiger charge is -2.39. The van der Waals surface area contributed by atoms with Crippen LogP contribution in [0.4, 0.5) is 0 Å². The van der Waals surface area contributed by atoms with Gasteiger partial charge in [-0.15, -0.1) is 0 Å². The normalized spacial score (nSPS) is 19.1. The molecule has 1 unspecified atom stereocenters. The predicted molar refractivity (Wildman–Crippen MR) is 115 cm³/mol. The largest absolute Gasteiger partial charge is 0.484 e. The molecule has 7 heteroatoms. The molecule has 2 heterocycles. The number of ether oxygens (including phenoxy) is 1. The molecule has 1 atom stereocenters. The van der Waals surface area contributed by atoms with E-state index in [4.69, 9.17) is 4.74 Å². The highest BCUT2D eigenvalue weighted by atomic mass is 16.5. The molecule has 0 bridgehead atoms. The van der Waals surface area contributed by atoms with Gasteiger partial charge in [0.05, 0.1) is 0 Å². The van der Waals surface area contributed by atoms with Gasteiger partial charge in [0.1, 0.15) is 18.3 Å². The van der Waals surface area contributed by atoms with Gasteiger partial charge >= 0.3 is 0 Å². The molecule has 0 aliphatic carbocycles. The lowest BCUT2D eigenvalue weighted by atomic mass is 10.1. The van der Waals surface area contributed by atoms with E-state index in [1.165, 1.54) is 0 Å². The number of benzene rings is 2. The van der Waals surface area contributed by atoms with E-state index in [-0.39, 0.29) is 30.9 Å². The molecule has 2 aliphatic rings. The van der Waals surface area contributed by atoms with Crippen molar-refractivity contribution in [3.63, 3.8) is 0 Å². The Kier molecular flexibility index (Phi) is 6.21. The third-order valence-corrected chi connectivity index (χ3v) is 5.82. The number of piperazine rings is 1. The van der Waals surface area contributed by atoms with Gasteiger partial charge in [0.25, 0.3) is 5.91 Å². The van der Waals surface area contributed by atoms with E-state index in [2.05, 4.69) is 0 Å². The third kappa shape index (κ3) is 4.87. The number of amides is 3. The van der Waals surface area contributed by atoms with Crippen LogP contribution in [0.15, 0.2) is 54.6 Å². The van der Waals surface area contributed by atoms with Crippen LogP contribution < -0.4 is 4.74 Å². The molecule has 2 fully saturated rings. The van der Waals surface area contributed by atoms with Crippen LogP contribution in [-0.4, -0.2) is 71.2 Å². The highest BCUT2D eigenvalue weighted by Gasteiger charge is 2.41. The zero-order chi connectivity index (χ0) is 21.8. The average Bonchev–Trinajstić information content (AvgIpc) is 3.00. The second-order valence-corrected chi connectivity index (χ2v) is 8.06. The number of para-hydroxylation sites is 1. The summed E-state index contributed by atoms with van der Waals surface area (Å²) in [4.78, 5) is 43.5. The molecule has 2 aromatic rings. The molecule has 0 radical (unpaired) electrons. The molecule has 0 spiro atoms. The number of hydrogen-bond donors (Lipinski definition) is 0. The zero-order valence-electron chi connectivity index (χ0n) is 17.7. The molecular formula is C24H27N3O4. The smallest absolute Gasteiger partial charge is 0.260 e. The van der Waals surface area contributed by atoms with Crippen molar-refractivity contribution < 1.29 is 19.1 Å². The van der Waals surface area contributed by atoms with E-state index < -0.39 is 6.04 Å². The average molecular weight is 421 g/mol. The van der Waals surface area contributed by atoms with E-state index in [1.807, 2.05) is 49.4 Å². The van der Waals surface area contributed by atoms with Gasteiger partial charge in [0.2, 0.25) is 11.8 Å². The molecule has 4 rings (SSSR count). The summed E-state index contributed by atoms with van der Waals surface area (Å²) >= 11 is 0. The Balaban J connectivity index is 1.38. The maximum absolute atomic E-state index is 13.1. The fourth-order valence-electron chi connectivity index (χ4n) is 4.20. The topological polar surface area (TPSA) is 70.2 Å². The highest BCUT2D eigenvalue weighted by molar-refractivity contribution is 5.95. The quantitative estimate of drug-likeness (QED) is 0.739. The van der Waals surface area contributed by atoms with Crippen LogP contribution >= 0.6 is 0 Å². The van der Waals surface area contributed by atoms with E-state index in [0.29, 0.717) is 38.3 Å². The van der Waals surface area contributed by atoms with Crippen molar-refractivity contribution in [2.45, 2.75) is 25.9 Å². The molecular weight excluding hydrogens is 394 g/mol. The number of carbonyl (C=O) groups is 3. The van der Waals surface area contributed by atoms with Crippen LogP contribution in [0.5, 0.6) is 5.75 Å². The Morgan fingerprint density at radius 2 is 1.84 bits per heavy atom. The van der Waals surface area contributed by atoms with Crippen LogP contribution in [0.25, 0.3) is 0 Å². The number of fused-ring (bicyclic) bond motifs is 1. The SMILES string of the molecule is Cc1cccc(CN2CC(=O)N3CCN(C(=O)COc4ccccc4)CCC3C2=O)c1. The molecule has 0 aromatic heterocycles. The Hall–Kier alpha value is -3.35. The van der Waals surface area contributed by atoms with E-state index in [9.17, 15) is 14.4 Å². The van der Waals surface area contributed by atoms with Crippen molar-refractivity contribution in [2.24, 2.45) is 0 Å². The number of aryl methyl sites for hydroxylation is 1. The van der Waals surface area contributed by atoms with E-state index in [0.717, 1.165) is 11.1 Å². The van der Waals surface area contributed by atoms with Gasteiger partial charge in [-0.2, -0.15) is 0 Å². The molecule has 3 amide bonds. The van der Waals surface area contributed by atoms with Crippen LogP contribution in [0.1, 0.15) is 17.5 Å². The summed E-state index contributed by atoms with van der Waals surface area (Å²) in [6, 6.07) is 16.6. The molecule has 2 aromatic carbocycles. The summed E-state index contributed by atoms with van der Waals surface area (Å²) < 4.78 is 5.57. The van der Waals surface area contributed by atoms with Crippen LogP contribution in [-0.2, 0) is 20.9 Å². The van der Waals surface area contributed by atoms with Gasteiger partial charge in [-0.3, -0.25) is 14.4 Å². The van der Waals surface area contributed by atoms with Crippen molar-refractivity contribution in [1.82, 2.24) is 14.7 Å². The predicted octanol–water partition coefficient (Wildman–Crippen LogP) is 1.85. The molecule has 162 valence electrons. The van der Waals surface area contributed by atoms with Crippen LogP contribution in [0, 0.1) is 6.92 Å². The first-order valence-corrected chi connectivity index (χ1v) is 10.6. The fourth-order valence-corrected chi connectivity index (χ4v) is 4.20. The van der Waals surface area contributed by atoms with Crippen LogP contribution in [0.2, 0.25) is 0 Å². The first-order chi connectivity index (χ1) is 15.0. The zero-order valence-corrected chi connectivity index (χ0v) is 17.7.